The average molecular weight is 426 g/mol. The van der Waals surface area contributed by atoms with Crippen molar-refractivity contribution >= 4 is 10.2 Å². The van der Waals surface area contributed by atoms with Gasteiger partial charge in [0.2, 0.25) is 0 Å². The van der Waals surface area contributed by atoms with Crippen LogP contribution >= 0.6 is 0 Å². The molecule has 1 aliphatic rings. The number of hydrogen-bond donors (Lipinski definition) is 0. The summed E-state index contributed by atoms with van der Waals surface area (Å²) in [4.78, 5) is 0. The molecule has 0 aliphatic heterocycles. The van der Waals surface area contributed by atoms with Crippen LogP contribution in [0.4, 0.5) is 0 Å². The molecule has 130 valence electrons. The third-order valence-electron chi connectivity index (χ3n) is 5.39. The van der Waals surface area contributed by atoms with Crippen LogP contribution in [-0.4, -0.2) is 10.2 Å². The van der Waals surface area contributed by atoms with Crippen LogP contribution in [0.25, 0.3) is 0 Å². The molecule has 0 amide bonds. The minimum atomic E-state index is -0.258. The Labute approximate surface area is 168 Å². The molecule has 2 aromatic rings. The van der Waals surface area contributed by atoms with E-state index in [2.05, 4.69) is 88.4 Å². The number of hydrogen-bond acceptors (Lipinski definition) is 0. The third kappa shape index (κ3) is 6.04. The molecule has 0 aromatic heterocycles. The van der Waals surface area contributed by atoms with Gasteiger partial charge in [-0.3, -0.25) is 0 Å². The molecule has 1 aliphatic carbocycles. The molecule has 0 saturated carbocycles. The Balaban J connectivity index is 0.000000196. The van der Waals surface area contributed by atoms with Crippen molar-refractivity contribution in [2.24, 2.45) is 5.92 Å². The number of rotatable bonds is 4. The fourth-order valence-corrected chi connectivity index (χ4v) is 6.80. The normalized spacial score (nSPS) is 16.7. The molecule has 1 unspecified atom stereocenters. The Kier molecular flexibility index (Phi) is 8.33. The molecule has 0 nitrogen and oxygen atoms in total. The second-order valence-electron chi connectivity index (χ2n) is 6.91. The van der Waals surface area contributed by atoms with E-state index >= 15 is 0 Å². The first-order valence-electron chi connectivity index (χ1n) is 9.14. The van der Waals surface area contributed by atoms with Gasteiger partial charge in [0, 0.05) is 10.2 Å². The van der Waals surface area contributed by atoms with Crippen LogP contribution in [-0.2, 0) is 31.5 Å². The summed E-state index contributed by atoms with van der Waals surface area (Å²) in [6, 6.07) is 21.7. The zero-order valence-corrected chi connectivity index (χ0v) is 20.7. The van der Waals surface area contributed by atoms with Gasteiger partial charge in [0.05, 0.1) is 0 Å². The molecule has 0 heterocycles. The summed E-state index contributed by atoms with van der Waals surface area (Å²) in [7, 11) is 1.23. The van der Waals surface area contributed by atoms with E-state index in [1.54, 1.807) is 16.3 Å². The molecular formula is C23H30SiZr. The van der Waals surface area contributed by atoms with Gasteiger partial charge in [-0.2, -0.15) is 0 Å². The molecule has 25 heavy (non-hydrogen) atoms. The second-order valence-corrected chi connectivity index (χ2v) is 11.0. The topological polar surface area (TPSA) is 0 Å². The standard InChI is InChI=1S/C9H16Si.2C7H7.Zr/c1-5-6(2)8(4)9(10)7(5)3;2*1-7-5-3-2-4-6-7;/h7H,1-4,10H3;2*2-6H,1H2;. The van der Waals surface area contributed by atoms with Crippen LogP contribution in [0.15, 0.2) is 82.6 Å². The number of benzene rings is 2. The first kappa shape index (κ1) is 20.3. The van der Waals surface area contributed by atoms with Crippen molar-refractivity contribution in [2.45, 2.75) is 36.0 Å². The zero-order chi connectivity index (χ0) is 18.2. The maximum atomic E-state index is 2.32. The SMILES string of the molecule is CC1=C(C)C(C)C([SiH3])=C1C.c1ccc([CH2][Zr][CH2]c2ccccc2)cc1. The van der Waals surface area contributed by atoms with Crippen LogP contribution in [0, 0.1) is 5.92 Å². The molecule has 0 fully saturated rings. The van der Waals surface area contributed by atoms with E-state index in [1.807, 2.05) is 0 Å². The van der Waals surface area contributed by atoms with E-state index in [0.29, 0.717) is 0 Å². The van der Waals surface area contributed by atoms with Gasteiger partial charge < -0.3 is 0 Å². The summed E-state index contributed by atoms with van der Waals surface area (Å²) >= 11 is -0.258. The zero-order valence-electron chi connectivity index (χ0n) is 16.3. The van der Waals surface area contributed by atoms with Crippen molar-refractivity contribution < 1.29 is 23.2 Å². The van der Waals surface area contributed by atoms with Crippen molar-refractivity contribution in [3.8, 4) is 0 Å². The molecule has 1 atom stereocenters. The van der Waals surface area contributed by atoms with Crippen molar-refractivity contribution in [3.63, 3.8) is 0 Å². The summed E-state index contributed by atoms with van der Waals surface area (Å²) in [5.74, 6) is 0.756. The summed E-state index contributed by atoms with van der Waals surface area (Å²) in [6.45, 7) is 9.07. The second kappa shape index (κ2) is 10.2. The van der Waals surface area contributed by atoms with Crippen LogP contribution in [0.2, 0.25) is 0 Å². The minimum absolute atomic E-state index is 0.258. The fourth-order valence-electron chi connectivity index (χ4n) is 3.11. The monoisotopic (exact) mass is 424 g/mol. The molecule has 0 saturated heterocycles. The van der Waals surface area contributed by atoms with Crippen molar-refractivity contribution in [1.29, 1.82) is 0 Å². The number of allylic oxidation sites excluding steroid dienone is 4. The average Bonchev–Trinajstić information content (AvgIpc) is 2.82. The van der Waals surface area contributed by atoms with E-state index in [1.165, 1.54) is 35.2 Å². The van der Waals surface area contributed by atoms with Gasteiger partial charge in [-0.1, -0.05) is 23.3 Å². The summed E-state index contributed by atoms with van der Waals surface area (Å²) in [6.07, 6.45) is 0. The molecule has 2 aromatic carbocycles. The predicted molar refractivity (Wildman–Crippen MR) is 110 cm³/mol. The summed E-state index contributed by atoms with van der Waals surface area (Å²) < 4.78 is 2.69. The van der Waals surface area contributed by atoms with Crippen molar-refractivity contribution in [2.75, 3.05) is 0 Å². The van der Waals surface area contributed by atoms with Gasteiger partial charge in [-0.15, -0.1) is 0 Å². The van der Waals surface area contributed by atoms with Gasteiger partial charge in [0.15, 0.2) is 0 Å². The van der Waals surface area contributed by atoms with Gasteiger partial charge in [-0.25, -0.2) is 0 Å². The Hall–Kier alpha value is -0.980. The summed E-state index contributed by atoms with van der Waals surface area (Å²) in [5.41, 5.74) is 7.72. The molecule has 0 spiro atoms. The molecular weight excluding hydrogens is 396 g/mol. The third-order valence-corrected chi connectivity index (χ3v) is 10.2. The van der Waals surface area contributed by atoms with E-state index < -0.39 is 0 Å². The first-order valence-corrected chi connectivity index (χ1v) is 13.6. The first-order chi connectivity index (χ1) is 12.0. The predicted octanol–water partition coefficient (Wildman–Crippen LogP) is 5.08. The van der Waals surface area contributed by atoms with E-state index in [4.69, 9.17) is 0 Å². The quantitative estimate of drug-likeness (QED) is 0.599. The van der Waals surface area contributed by atoms with Gasteiger partial charge in [0.1, 0.15) is 0 Å². The van der Waals surface area contributed by atoms with Gasteiger partial charge >= 0.3 is 103 Å². The summed E-state index contributed by atoms with van der Waals surface area (Å²) in [5, 5.41) is 1.69. The maximum absolute atomic E-state index is 2.32. The van der Waals surface area contributed by atoms with E-state index in [0.717, 1.165) is 5.92 Å². The Morgan fingerprint density at radius 2 is 1.20 bits per heavy atom. The van der Waals surface area contributed by atoms with Crippen molar-refractivity contribution in [3.05, 3.63) is 93.7 Å². The Morgan fingerprint density at radius 1 is 0.760 bits per heavy atom. The van der Waals surface area contributed by atoms with Crippen LogP contribution in [0.3, 0.4) is 0 Å². The molecule has 0 radical (unpaired) electrons. The molecule has 2 heteroatoms. The molecule has 0 bridgehead atoms. The Morgan fingerprint density at radius 3 is 1.48 bits per heavy atom. The van der Waals surface area contributed by atoms with Crippen LogP contribution < -0.4 is 0 Å². The van der Waals surface area contributed by atoms with E-state index in [-0.39, 0.29) is 23.2 Å². The van der Waals surface area contributed by atoms with Crippen LogP contribution in [0.5, 0.6) is 0 Å². The van der Waals surface area contributed by atoms with Gasteiger partial charge in [-0.05, 0) is 32.3 Å². The van der Waals surface area contributed by atoms with Crippen LogP contribution in [0.1, 0.15) is 38.8 Å². The fraction of sp³-hybridized carbons (Fsp3) is 0.304. The van der Waals surface area contributed by atoms with Crippen molar-refractivity contribution in [1.82, 2.24) is 0 Å². The van der Waals surface area contributed by atoms with Gasteiger partial charge in [0.25, 0.3) is 0 Å². The Bertz CT molecular complexity index is 666. The molecule has 0 N–H and O–H groups in total. The van der Waals surface area contributed by atoms with E-state index in [9.17, 15) is 0 Å². The molecule has 3 rings (SSSR count).